The Morgan fingerprint density at radius 3 is 2.59 bits per heavy atom. The molecular weight excluding hydrogens is 366 g/mol. The van der Waals surface area contributed by atoms with Crippen molar-refractivity contribution in [3.63, 3.8) is 0 Å². The third kappa shape index (κ3) is 4.30. The third-order valence-electron chi connectivity index (χ3n) is 3.69. The highest BCUT2D eigenvalue weighted by molar-refractivity contribution is 5.94. The van der Waals surface area contributed by atoms with Crippen LogP contribution in [0.25, 0.3) is 11.4 Å². The molecule has 1 atom stereocenters. The molecule has 0 aliphatic heterocycles. The zero-order valence-corrected chi connectivity index (χ0v) is 13.9. The van der Waals surface area contributed by atoms with E-state index in [1.807, 2.05) is 0 Å². The zero-order chi connectivity index (χ0) is 19.6. The summed E-state index contributed by atoms with van der Waals surface area (Å²) in [5, 5.41) is 6.22. The fourth-order valence-electron chi connectivity index (χ4n) is 2.33. The Morgan fingerprint density at radius 2 is 1.89 bits per heavy atom. The SMILES string of the molecule is C[C@@H](NC(=O)c1cccc(F)c1)c1nc(-c2cccc(C(F)(F)F)c2)no1. The largest absolute Gasteiger partial charge is 0.416 e. The summed E-state index contributed by atoms with van der Waals surface area (Å²) in [4.78, 5) is 16.2. The lowest BCUT2D eigenvalue weighted by molar-refractivity contribution is -0.137. The molecule has 0 bridgehead atoms. The molecule has 3 aromatic rings. The molecule has 0 unspecified atom stereocenters. The number of aromatic nitrogens is 2. The van der Waals surface area contributed by atoms with Crippen molar-refractivity contribution in [2.75, 3.05) is 0 Å². The maximum absolute atomic E-state index is 13.2. The Labute approximate surface area is 151 Å². The second-order valence-corrected chi connectivity index (χ2v) is 5.74. The Balaban J connectivity index is 1.76. The molecule has 5 nitrogen and oxygen atoms in total. The first-order valence-corrected chi connectivity index (χ1v) is 7.82. The lowest BCUT2D eigenvalue weighted by Crippen LogP contribution is -2.26. The van der Waals surface area contributed by atoms with E-state index in [2.05, 4.69) is 15.5 Å². The molecule has 1 heterocycles. The summed E-state index contributed by atoms with van der Waals surface area (Å²) < 4.78 is 56.7. The molecule has 1 amide bonds. The van der Waals surface area contributed by atoms with Gasteiger partial charge in [-0.1, -0.05) is 23.4 Å². The van der Waals surface area contributed by atoms with Crippen LogP contribution >= 0.6 is 0 Å². The van der Waals surface area contributed by atoms with Gasteiger partial charge in [-0.2, -0.15) is 18.2 Å². The van der Waals surface area contributed by atoms with Gasteiger partial charge in [-0.25, -0.2) is 4.39 Å². The maximum atomic E-state index is 13.2. The van der Waals surface area contributed by atoms with Crippen LogP contribution < -0.4 is 5.32 Å². The molecule has 27 heavy (non-hydrogen) atoms. The molecule has 0 saturated heterocycles. The van der Waals surface area contributed by atoms with Crippen molar-refractivity contribution in [2.45, 2.75) is 19.1 Å². The van der Waals surface area contributed by atoms with Gasteiger partial charge in [-0.05, 0) is 37.3 Å². The number of hydrogen-bond donors (Lipinski definition) is 1. The van der Waals surface area contributed by atoms with Crippen LogP contribution in [0.3, 0.4) is 0 Å². The number of carbonyl (C=O) groups excluding carboxylic acids is 1. The van der Waals surface area contributed by atoms with Crippen LogP contribution in [-0.2, 0) is 6.18 Å². The maximum Gasteiger partial charge on any atom is 0.416 e. The van der Waals surface area contributed by atoms with Gasteiger partial charge in [0.15, 0.2) is 0 Å². The van der Waals surface area contributed by atoms with E-state index in [0.29, 0.717) is 0 Å². The normalized spacial score (nSPS) is 12.6. The molecule has 1 aromatic heterocycles. The molecule has 2 aromatic carbocycles. The number of alkyl halides is 3. The molecule has 1 N–H and O–H groups in total. The minimum atomic E-state index is -4.49. The molecule has 3 rings (SSSR count). The van der Waals surface area contributed by atoms with Crippen LogP contribution in [0.5, 0.6) is 0 Å². The lowest BCUT2D eigenvalue weighted by atomic mass is 10.1. The summed E-state index contributed by atoms with van der Waals surface area (Å²) in [6, 6.07) is 8.89. The van der Waals surface area contributed by atoms with Gasteiger partial charge in [0.05, 0.1) is 5.56 Å². The number of nitrogens with one attached hydrogen (secondary N) is 1. The number of nitrogens with zero attached hydrogens (tertiary/aromatic N) is 2. The molecule has 0 aliphatic rings. The Bertz CT molecular complexity index is 969. The minimum absolute atomic E-state index is 0.00663. The van der Waals surface area contributed by atoms with E-state index in [-0.39, 0.29) is 22.8 Å². The van der Waals surface area contributed by atoms with Gasteiger partial charge in [0.2, 0.25) is 11.7 Å². The van der Waals surface area contributed by atoms with E-state index in [9.17, 15) is 22.4 Å². The smallest absolute Gasteiger partial charge is 0.341 e. The molecule has 140 valence electrons. The van der Waals surface area contributed by atoms with Crippen molar-refractivity contribution < 1.29 is 26.9 Å². The van der Waals surface area contributed by atoms with Gasteiger partial charge >= 0.3 is 6.18 Å². The highest BCUT2D eigenvalue weighted by atomic mass is 19.4. The van der Waals surface area contributed by atoms with Crippen molar-refractivity contribution in [1.82, 2.24) is 15.5 Å². The van der Waals surface area contributed by atoms with Gasteiger partial charge in [0.1, 0.15) is 11.9 Å². The summed E-state index contributed by atoms with van der Waals surface area (Å²) in [5.41, 5.74) is -0.596. The standard InChI is InChI=1S/C18H13F4N3O2/c1-10(23-16(26)12-5-3-7-14(19)9-12)17-24-15(25-27-17)11-4-2-6-13(8-11)18(20,21)22/h2-10H,1H3,(H,23,26)/t10-/m1/s1. The quantitative estimate of drug-likeness (QED) is 0.683. The van der Waals surface area contributed by atoms with Crippen LogP contribution in [0.15, 0.2) is 53.1 Å². The van der Waals surface area contributed by atoms with Crippen LogP contribution in [0.2, 0.25) is 0 Å². The second-order valence-electron chi connectivity index (χ2n) is 5.74. The van der Waals surface area contributed by atoms with Crippen molar-refractivity contribution >= 4 is 5.91 Å². The molecule has 0 fully saturated rings. The highest BCUT2D eigenvalue weighted by Gasteiger charge is 2.31. The molecule has 0 radical (unpaired) electrons. The average Bonchev–Trinajstić information content (AvgIpc) is 3.11. The predicted molar refractivity (Wildman–Crippen MR) is 87.0 cm³/mol. The summed E-state index contributed by atoms with van der Waals surface area (Å²) in [7, 11) is 0. The first kappa shape index (κ1) is 18.6. The van der Waals surface area contributed by atoms with Crippen molar-refractivity contribution in [3.05, 3.63) is 71.4 Å². The first-order valence-electron chi connectivity index (χ1n) is 7.82. The molecule has 0 spiro atoms. The van der Waals surface area contributed by atoms with Crippen molar-refractivity contribution in [3.8, 4) is 11.4 Å². The molecule has 0 saturated carbocycles. The number of benzene rings is 2. The van der Waals surface area contributed by atoms with E-state index in [0.717, 1.165) is 18.2 Å². The van der Waals surface area contributed by atoms with Gasteiger partial charge < -0.3 is 9.84 Å². The summed E-state index contributed by atoms with van der Waals surface area (Å²) in [5.74, 6) is -1.14. The first-order chi connectivity index (χ1) is 12.7. The summed E-state index contributed by atoms with van der Waals surface area (Å²) in [6.07, 6.45) is -4.49. The number of amides is 1. The zero-order valence-electron chi connectivity index (χ0n) is 13.9. The number of hydrogen-bond acceptors (Lipinski definition) is 4. The van der Waals surface area contributed by atoms with Crippen LogP contribution in [-0.4, -0.2) is 16.0 Å². The Kier molecular flexibility index (Phi) is 4.93. The van der Waals surface area contributed by atoms with Gasteiger partial charge in [0, 0.05) is 11.1 Å². The molecule has 9 heteroatoms. The average molecular weight is 379 g/mol. The van der Waals surface area contributed by atoms with E-state index in [4.69, 9.17) is 4.52 Å². The van der Waals surface area contributed by atoms with Gasteiger partial charge in [-0.3, -0.25) is 4.79 Å². The minimum Gasteiger partial charge on any atom is -0.341 e. The van der Waals surface area contributed by atoms with Gasteiger partial charge in [0.25, 0.3) is 5.91 Å². The predicted octanol–water partition coefficient (Wildman–Crippen LogP) is 4.39. The number of halogens is 4. The monoisotopic (exact) mass is 379 g/mol. The van der Waals surface area contributed by atoms with Crippen LogP contribution in [0.1, 0.15) is 34.8 Å². The third-order valence-corrected chi connectivity index (χ3v) is 3.69. The van der Waals surface area contributed by atoms with Crippen molar-refractivity contribution in [2.24, 2.45) is 0 Å². The van der Waals surface area contributed by atoms with Gasteiger partial charge in [-0.15, -0.1) is 0 Å². The van der Waals surface area contributed by atoms with E-state index in [1.165, 1.54) is 30.3 Å². The topological polar surface area (TPSA) is 68.0 Å². The fourth-order valence-corrected chi connectivity index (χ4v) is 2.33. The summed E-state index contributed by atoms with van der Waals surface area (Å²) in [6.45, 7) is 1.56. The van der Waals surface area contributed by atoms with E-state index >= 15 is 0 Å². The lowest BCUT2D eigenvalue weighted by Gasteiger charge is -2.09. The highest BCUT2D eigenvalue weighted by Crippen LogP contribution is 2.31. The van der Waals surface area contributed by atoms with Crippen molar-refractivity contribution in [1.29, 1.82) is 0 Å². The molecule has 0 aliphatic carbocycles. The Morgan fingerprint density at radius 1 is 1.15 bits per heavy atom. The second kappa shape index (κ2) is 7.18. The van der Waals surface area contributed by atoms with E-state index in [1.54, 1.807) is 6.92 Å². The fraction of sp³-hybridized carbons (Fsp3) is 0.167. The molecular formula is C18H13F4N3O2. The van der Waals surface area contributed by atoms with Crippen LogP contribution in [0, 0.1) is 5.82 Å². The number of rotatable bonds is 4. The number of carbonyl (C=O) groups is 1. The summed E-state index contributed by atoms with van der Waals surface area (Å²) >= 11 is 0. The van der Waals surface area contributed by atoms with E-state index < -0.39 is 29.5 Å². The Hall–Kier alpha value is -3.23. The van der Waals surface area contributed by atoms with Crippen LogP contribution in [0.4, 0.5) is 17.6 Å².